The van der Waals surface area contributed by atoms with Crippen LogP contribution in [0.3, 0.4) is 0 Å². The summed E-state index contributed by atoms with van der Waals surface area (Å²) in [5.74, 6) is 0. The predicted octanol–water partition coefficient (Wildman–Crippen LogP) is 1.08. The van der Waals surface area contributed by atoms with E-state index in [4.69, 9.17) is 0 Å². The highest BCUT2D eigenvalue weighted by Gasteiger charge is 2.00. The number of rotatable bonds is 2. The van der Waals surface area contributed by atoms with Crippen LogP contribution in [0.5, 0.6) is 0 Å². The fourth-order valence-electron chi connectivity index (χ4n) is 1.23. The first-order valence-electron chi connectivity index (χ1n) is 3.76. The highest BCUT2D eigenvalue weighted by atomic mass is 16.1. The van der Waals surface area contributed by atoms with Crippen molar-refractivity contribution in [2.24, 2.45) is 0 Å². The third-order valence-electron chi connectivity index (χ3n) is 1.81. The van der Waals surface area contributed by atoms with Crippen LogP contribution in [-0.4, -0.2) is 15.9 Å². The SMILES string of the molecule is O=CCc1cnn2ccccc12. The van der Waals surface area contributed by atoms with Gasteiger partial charge in [-0.1, -0.05) is 6.07 Å². The summed E-state index contributed by atoms with van der Waals surface area (Å²) >= 11 is 0. The second-order valence-corrected chi connectivity index (χ2v) is 2.57. The van der Waals surface area contributed by atoms with E-state index in [2.05, 4.69) is 5.10 Å². The number of carbonyl (C=O) groups is 1. The van der Waals surface area contributed by atoms with Gasteiger partial charge in [0.05, 0.1) is 11.7 Å². The maximum Gasteiger partial charge on any atom is 0.124 e. The van der Waals surface area contributed by atoms with Gasteiger partial charge in [0, 0.05) is 18.2 Å². The largest absolute Gasteiger partial charge is 0.303 e. The normalized spacial score (nSPS) is 10.3. The molecule has 2 rings (SSSR count). The Balaban J connectivity index is 2.62. The number of hydrogen-bond donors (Lipinski definition) is 0. The van der Waals surface area contributed by atoms with Crippen molar-refractivity contribution < 1.29 is 4.79 Å². The van der Waals surface area contributed by atoms with Crippen LogP contribution >= 0.6 is 0 Å². The molecule has 0 fully saturated rings. The molecule has 0 unspecified atom stereocenters. The molecule has 0 N–H and O–H groups in total. The predicted molar refractivity (Wildman–Crippen MR) is 45.0 cm³/mol. The minimum Gasteiger partial charge on any atom is -0.303 e. The van der Waals surface area contributed by atoms with E-state index in [1.54, 1.807) is 10.7 Å². The molecule has 3 nitrogen and oxygen atoms in total. The zero-order valence-electron chi connectivity index (χ0n) is 6.47. The van der Waals surface area contributed by atoms with E-state index < -0.39 is 0 Å². The van der Waals surface area contributed by atoms with Crippen LogP contribution in [-0.2, 0) is 11.2 Å². The second kappa shape index (κ2) is 2.77. The molecule has 2 aromatic heterocycles. The van der Waals surface area contributed by atoms with Gasteiger partial charge >= 0.3 is 0 Å². The van der Waals surface area contributed by atoms with Gasteiger partial charge in [-0.2, -0.15) is 5.10 Å². The summed E-state index contributed by atoms with van der Waals surface area (Å²) in [6, 6.07) is 5.79. The van der Waals surface area contributed by atoms with Crippen molar-refractivity contribution in [3.63, 3.8) is 0 Å². The maximum atomic E-state index is 10.3. The Morgan fingerprint density at radius 2 is 2.42 bits per heavy atom. The summed E-state index contributed by atoms with van der Waals surface area (Å²) in [7, 11) is 0. The number of carbonyl (C=O) groups excluding carboxylic acids is 1. The molecule has 0 aliphatic carbocycles. The molecule has 0 saturated heterocycles. The van der Waals surface area contributed by atoms with E-state index in [1.165, 1.54) is 0 Å². The average Bonchev–Trinajstić information content (AvgIpc) is 2.50. The lowest BCUT2D eigenvalue weighted by Crippen LogP contribution is -1.86. The van der Waals surface area contributed by atoms with Gasteiger partial charge in [-0.05, 0) is 12.1 Å². The van der Waals surface area contributed by atoms with Crippen molar-refractivity contribution in [2.75, 3.05) is 0 Å². The topological polar surface area (TPSA) is 34.4 Å². The van der Waals surface area contributed by atoms with Crippen LogP contribution in [0.4, 0.5) is 0 Å². The molecule has 0 amide bonds. The molecule has 12 heavy (non-hydrogen) atoms. The van der Waals surface area contributed by atoms with Crippen LogP contribution in [0.25, 0.3) is 5.52 Å². The van der Waals surface area contributed by atoms with Crippen molar-refractivity contribution in [1.82, 2.24) is 9.61 Å². The first-order chi connectivity index (χ1) is 5.92. The van der Waals surface area contributed by atoms with Gasteiger partial charge < -0.3 is 4.79 Å². The fourth-order valence-corrected chi connectivity index (χ4v) is 1.23. The minimum absolute atomic E-state index is 0.438. The Labute approximate surface area is 69.6 Å². The standard InChI is InChI=1S/C9H8N2O/c12-6-4-8-7-10-11-5-2-1-3-9(8)11/h1-3,5-7H,4H2. The van der Waals surface area contributed by atoms with Crippen molar-refractivity contribution in [3.8, 4) is 0 Å². The molecule has 0 aliphatic rings. The molecule has 0 bridgehead atoms. The molecule has 0 spiro atoms. The van der Waals surface area contributed by atoms with Crippen LogP contribution in [0.15, 0.2) is 30.6 Å². The van der Waals surface area contributed by atoms with Gasteiger partial charge in [0.1, 0.15) is 6.29 Å². The van der Waals surface area contributed by atoms with E-state index in [9.17, 15) is 4.79 Å². The van der Waals surface area contributed by atoms with E-state index in [1.807, 2.05) is 24.4 Å². The zero-order chi connectivity index (χ0) is 8.39. The van der Waals surface area contributed by atoms with Gasteiger partial charge in [-0.25, -0.2) is 4.52 Å². The molecular formula is C9H8N2O. The number of fused-ring (bicyclic) bond motifs is 1. The molecule has 0 aliphatic heterocycles. The number of pyridine rings is 1. The van der Waals surface area contributed by atoms with Crippen molar-refractivity contribution in [2.45, 2.75) is 6.42 Å². The number of aromatic nitrogens is 2. The van der Waals surface area contributed by atoms with Gasteiger partial charge in [0.2, 0.25) is 0 Å². The molecule has 0 saturated carbocycles. The third-order valence-corrected chi connectivity index (χ3v) is 1.81. The summed E-state index contributed by atoms with van der Waals surface area (Å²) in [5, 5.41) is 4.10. The fraction of sp³-hybridized carbons (Fsp3) is 0.111. The highest BCUT2D eigenvalue weighted by Crippen LogP contribution is 2.08. The molecule has 60 valence electrons. The molecule has 2 heterocycles. The molecule has 3 heteroatoms. The van der Waals surface area contributed by atoms with E-state index >= 15 is 0 Å². The first kappa shape index (κ1) is 7.03. The summed E-state index contributed by atoms with van der Waals surface area (Å²) < 4.78 is 1.76. The Bertz CT molecular complexity index is 406. The Morgan fingerprint density at radius 1 is 1.50 bits per heavy atom. The zero-order valence-corrected chi connectivity index (χ0v) is 6.47. The first-order valence-corrected chi connectivity index (χ1v) is 3.76. The van der Waals surface area contributed by atoms with Crippen LogP contribution in [0, 0.1) is 0 Å². The van der Waals surface area contributed by atoms with Gasteiger partial charge in [0.15, 0.2) is 0 Å². The maximum absolute atomic E-state index is 10.3. The van der Waals surface area contributed by atoms with E-state index in [0.717, 1.165) is 17.4 Å². The molecule has 0 radical (unpaired) electrons. The van der Waals surface area contributed by atoms with Gasteiger partial charge in [0.25, 0.3) is 0 Å². The highest BCUT2D eigenvalue weighted by molar-refractivity contribution is 5.63. The summed E-state index contributed by atoms with van der Waals surface area (Å²) in [6.45, 7) is 0. The lowest BCUT2D eigenvalue weighted by atomic mass is 10.2. The van der Waals surface area contributed by atoms with Crippen LogP contribution < -0.4 is 0 Å². The molecular weight excluding hydrogens is 152 g/mol. The van der Waals surface area contributed by atoms with Crippen LogP contribution in [0.2, 0.25) is 0 Å². The molecule has 2 aromatic rings. The van der Waals surface area contributed by atoms with E-state index in [-0.39, 0.29) is 0 Å². The average molecular weight is 160 g/mol. The van der Waals surface area contributed by atoms with Crippen molar-refractivity contribution in [1.29, 1.82) is 0 Å². The van der Waals surface area contributed by atoms with Crippen LogP contribution in [0.1, 0.15) is 5.56 Å². The lowest BCUT2D eigenvalue weighted by molar-refractivity contribution is -0.107. The molecule has 0 atom stereocenters. The number of aldehydes is 1. The Kier molecular flexibility index (Phi) is 1.63. The monoisotopic (exact) mass is 160 g/mol. The smallest absolute Gasteiger partial charge is 0.124 e. The number of hydrogen-bond acceptors (Lipinski definition) is 2. The Morgan fingerprint density at radius 3 is 3.25 bits per heavy atom. The van der Waals surface area contributed by atoms with Crippen molar-refractivity contribution in [3.05, 3.63) is 36.2 Å². The van der Waals surface area contributed by atoms with Gasteiger partial charge in [-0.15, -0.1) is 0 Å². The third kappa shape index (κ3) is 0.993. The quantitative estimate of drug-likeness (QED) is 0.616. The Hall–Kier alpha value is -1.64. The summed E-state index contributed by atoms with van der Waals surface area (Å²) in [4.78, 5) is 10.3. The molecule has 0 aromatic carbocycles. The summed E-state index contributed by atoms with van der Waals surface area (Å²) in [6.07, 6.45) is 4.92. The van der Waals surface area contributed by atoms with Gasteiger partial charge in [-0.3, -0.25) is 0 Å². The number of nitrogens with zero attached hydrogens (tertiary/aromatic N) is 2. The van der Waals surface area contributed by atoms with Crippen molar-refractivity contribution >= 4 is 11.8 Å². The van der Waals surface area contributed by atoms with E-state index in [0.29, 0.717) is 6.42 Å². The lowest BCUT2D eigenvalue weighted by Gasteiger charge is -1.91. The second-order valence-electron chi connectivity index (χ2n) is 2.57. The summed E-state index contributed by atoms with van der Waals surface area (Å²) in [5.41, 5.74) is 1.98. The minimum atomic E-state index is 0.438.